The Morgan fingerprint density at radius 3 is 1.63 bits per heavy atom. The topological polar surface area (TPSA) is 71.1 Å². The summed E-state index contributed by atoms with van der Waals surface area (Å²) in [5.41, 5.74) is 6.49. The standard InChI is InChI=1S/C29H38N2O7/c1-13-23(32-4)15-10-17-22-21-16(24(33-5)14(2)26(35-7)28(21)37-9)11-18(30(22)3)29-31(17)19(12-38-29)20(15)27(36-8)25(13)34-6/h17-19,22,29H,10-12H2,1-9H3/t17-,18-,19+,22-,29-/m1/s1. The molecular weight excluding hydrogens is 488 g/mol. The van der Waals surface area contributed by atoms with Gasteiger partial charge in [-0.1, -0.05) is 0 Å². The van der Waals surface area contributed by atoms with Crippen LogP contribution in [0.1, 0.15) is 45.5 Å². The second kappa shape index (κ2) is 9.10. The number of piperazine rings is 1. The Labute approximate surface area is 224 Å². The van der Waals surface area contributed by atoms with Crippen molar-refractivity contribution in [1.29, 1.82) is 0 Å². The summed E-state index contributed by atoms with van der Waals surface area (Å²) in [5, 5.41) is 0. The molecule has 9 nitrogen and oxygen atoms in total. The third-order valence-corrected chi connectivity index (χ3v) is 9.26. The SMILES string of the molecule is COc1c(C)c(OC)c(OC)c2c1C[C@@H]1[C@H]3OC[C@H]4c5c(c(OC)c(C)c(OC)c5OC)C[C@H]([C@H]2N1C)N34. The van der Waals surface area contributed by atoms with Crippen LogP contribution in [0.25, 0.3) is 0 Å². The molecule has 5 atom stereocenters. The van der Waals surface area contributed by atoms with Crippen molar-refractivity contribution in [2.75, 3.05) is 56.3 Å². The van der Waals surface area contributed by atoms with Crippen LogP contribution in [0.15, 0.2) is 0 Å². The van der Waals surface area contributed by atoms with Crippen molar-refractivity contribution >= 4 is 0 Å². The Morgan fingerprint density at radius 2 is 1.11 bits per heavy atom. The van der Waals surface area contributed by atoms with Crippen LogP contribution in [0.3, 0.4) is 0 Å². The van der Waals surface area contributed by atoms with E-state index in [0.29, 0.717) is 6.61 Å². The molecule has 2 bridgehead atoms. The lowest BCUT2D eigenvalue weighted by Gasteiger charge is -2.58. The first-order valence-corrected chi connectivity index (χ1v) is 13.1. The largest absolute Gasteiger partial charge is 0.496 e. The molecule has 2 aromatic rings. The zero-order valence-corrected chi connectivity index (χ0v) is 23.8. The quantitative estimate of drug-likeness (QED) is 0.562. The van der Waals surface area contributed by atoms with Crippen molar-refractivity contribution in [2.45, 2.75) is 57.1 Å². The van der Waals surface area contributed by atoms with E-state index < -0.39 is 0 Å². The summed E-state index contributed by atoms with van der Waals surface area (Å²) in [5.74, 6) is 4.73. The van der Waals surface area contributed by atoms with Gasteiger partial charge in [-0.3, -0.25) is 9.80 Å². The van der Waals surface area contributed by atoms with Crippen LogP contribution in [-0.2, 0) is 17.6 Å². The average molecular weight is 527 g/mol. The second-order valence-electron chi connectivity index (χ2n) is 10.6. The first-order chi connectivity index (χ1) is 18.4. The first kappa shape index (κ1) is 25.4. The molecule has 0 aliphatic carbocycles. The minimum Gasteiger partial charge on any atom is -0.496 e. The summed E-state index contributed by atoms with van der Waals surface area (Å²) in [6.45, 7) is 4.64. The maximum atomic E-state index is 6.63. The van der Waals surface area contributed by atoms with Gasteiger partial charge in [-0.05, 0) is 33.7 Å². The van der Waals surface area contributed by atoms with Crippen LogP contribution in [0, 0.1) is 13.8 Å². The van der Waals surface area contributed by atoms with E-state index in [-0.39, 0.29) is 30.4 Å². The second-order valence-corrected chi connectivity index (χ2v) is 10.6. The molecule has 0 radical (unpaired) electrons. The summed E-state index contributed by atoms with van der Waals surface area (Å²) >= 11 is 0. The molecule has 0 aromatic heterocycles. The number of hydrogen-bond acceptors (Lipinski definition) is 9. The van der Waals surface area contributed by atoms with E-state index in [2.05, 4.69) is 16.8 Å². The molecule has 4 aliphatic rings. The van der Waals surface area contributed by atoms with Crippen LogP contribution in [-0.4, -0.2) is 84.4 Å². The van der Waals surface area contributed by atoms with Gasteiger partial charge in [0.15, 0.2) is 23.0 Å². The summed E-state index contributed by atoms with van der Waals surface area (Å²) in [4.78, 5) is 5.04. The van der Waals surface area contributed by atoms with Crippen LogP contribution < -0.4 is 28.4 Å². The van der Waals surface area contributed by atoms with E-state index in [1.165, 1.54) is 5.56 Å². The molecular formula is C29H38N2O7. The zero-order valence-electron chi connectivity index (χ0n) is 23.8. The molecule has 2 aromatic carbocycles. The van der Waals surface area contributed by atoms with E-state index in [4.69, 9.17) is 33.2 Å². The van der Waals surface area contributed by atoms with Gasteiger partial charge in [-0.2, -0.15) is 0 Å². The first-order valence-electron chi connectivity index (χ1n) is 13.1. The van der Waals surface area contributed by atoms with Gasteiger partial charge >= 0.3 is 0 Å². The summed E-state index contributed by atoms with van der Waals surface area (Å²) in [6.07, 6.45) is 1.49. The van der Waals surface area contributed by atoms with E-state index in [1.54, 1.807) is 42.7 Å². The number of rotatable bonds is 6. The Morgan fingerprint density at radius 1 is 0.632 bits per heavy atom. The third-order valence-electron chi connectivity index (χ3n) is 9.26. The van der Waals surface area contributed by atoms with Crippen molar-refractivity contribution in [2.24, 2.45) is 0 Å². The van der Waals surface area contributed by atoms with Crippen LogP contribution >= 0.6 is 0 Å². The maximum Gasteiger partial charge on any atom is 0.167 e. The Balaban J connectivity index is 1.62. The van der Waals surface area contributed by atoms with Gasteiger partial charge in [0.1, 0.15) is 17.7 Å². The highest BCUT2D eigenvalue weighted by Crippen LogP contribution is 2.60. The predicted molar refractivity (Wildman–Crippen MR) is 141 cm³/mol. The molecule has 4 aliphatic heterocycles. The third kappa shape index (κ3) is 3.03. The van der Waals surface area contributed by atoms with Crippen LogP contribution in [0.5, 0.6) is 34.5 Å². The van der Waals surface area contributed by atoms with Crippen molar-refractivity contribution < 1.29 is 33.2 Å². The number of methoxy groups -OCH3 is 6. The van der Waals surface area contributed by atoms with Crippen LogP contribution in [0.2, 0.25) is 0 Å². The number of ether oxygens (including phenoxy) is 7. The van der Waals surface area contributed by atoms with Crippen molar-refractivity contribution in [3.05, 3.63) is 33.4 Å². The number of likely N-dealkylation sites (N-methyl/N-ethyl adjacent to an activating group) is 1. The van der Waals surface area contributed by atoms with Gasteiger partial charge in [0.25, 0.3) is 0 Å². The Bertz CT molecular complexity index is 1300. The minimum atomic E-state index is -0.0614. The molecule has 206 valence electrons. The molecule has 9 heteroatoms. The van der Waals surface area contributed by atoms with Gasteiger partial charge in [0.2, 0.25) is 0 Å². The number of nitrogens with zero attached hydrogens (tertiary/aromatic N) is 2. The fraction of sp³-hybridized carbons (Fsp3) is 0.586. The number of hydrogen-bond donors (Lipinski definition) is 0. The molecule has 6 rings (SSSR count). The molecule has 0 spiro atoms. The maximum absolute atomic E-state index is 6.63. The molecule has 2 fully saturated rings. The Kier molecular flexibility index (Phi) is 6.09. The fourth-order valence-electron chi connectivity index (χ4n) is 7.90. The summed E-state index contributed by atoms with van der Waals surface area (Å²) in [6, 6.07) is 0.320. The van der Waals surface area contributed by atoms with E-state index in [1.807, 2.05) is 13.8 Å². The van der Waals surface area contributed by atoms with E-state index >= 15 is 0 Å². The monoisotopic (exact) mass is 526 g/mol. The van der Waals surface area contributed by atoms with E-state index in [0.717, 1.165) is 75.2 Å². The van der Waals surface area contributed by atoms with Gasteiger partial charge in [0.05, 0.1) is 67.4 Å². The normalized spacial score (nSPS) is 27.2. The van der Waals surface area contributed by atoms with Crippen molar-refractivity contribution in [3.63, 3.8) is 0 Å². The van der Waals surface area contributed by atoms with Gasteiger partial charge in [0, 0.05) is 39.4 Å². The lowest BCUT2D eigenvalue weighted by atomic mass is 9.73. The van der Waals surface area contributed by atoms with Crippen LogP contribution in [0.4, 0.5) is 0 Å². The minimum absolute atomic E-state index is 0.0209. The fourth-order valence-corrected chi connectivity index (χ4v) is 7.90. The molecule has 38 heavy (non-hydrogen) atoms. The highest BCUT2D eigenvalue weighted by atomic mass is 16.5. The highest BCUT2D eigenvalue weighted by molar-refractivity contribution is 5.67. The smallest absolute Gasteiger partial charge is 0.167 e. The predicted octanol–water partition coefficient (Wildman–Crippen LogP) is 3.59. The molecule has 0 saturated carbocycles. The molecule has 2 saturated heterocycles. The molecule has 4 heterocycles. The molecule has 0 N–H and O–H groups in total. The van der Waals surface area contributed by atoms with Gasteiger partial charge in [-0.15, -0.1) is 0 Å². The zero-order chi connectivity index (χ0) is 27.0. The number of benzene rings is 2. The van der Waals surface area contributed by atoms with Crippen molar-refractivity contribution in [1.82, 2.24) is 9.80 Å². The molecule has 0 unspecified atom stereocenters. The van der Waals surface area contributed by atoms with Crippen molar-refractivity contribution in [3.8, 4) is 34.5 Å². The molecule has 0 amide bonds. The van der Waals surface area contributed by atoms with Gasteiger partial charge < -0.3 is 33.2 Å². The average Bonchev–Trinajstić information content (AvgIpc) is 3.35. The lowest BCUT2D eigenvalue weighted by Crippen LogP contribution is -2.66. The summed E-state index contributed by atoms with van der Waals surface area (Å²) < 4.78 is 42.5. The van der Waals surface area contributed by atoms with Gasteiger partial charge in [-0.25, -0.2) is 0 Å². The summed E-state index contributed by atoms with van der Waals surface area (Å²) in [7, 11) is 12.5. The lowest BCUT2D eigenvalue weighted by molar-refractivity contribution is -0.131. The number of fused-ring (bicyclic) bond motifs is 8. The highest BCUT2D eigenvalue weighted by Gasteiger charge is 2.59. The Hall–Kier alpha value is -2.88. The van der Waals surface area contributed by atoms with E-state index in [9.17, 15) is 0 Å².